The fraction of sp³-hybridized carbons (Fsp3) is 0.258. The molecule has 0 bridgehead atoms. The molecule has 2 N–H and O–H groups in total. The summed E-state index contributed by atoms with van der Waals surface area (Å²) in [6, 6.07) is 46.9. The molecular weight excluding hydrogens is 931 g/mol. The number of aryl methyl sites for hydroxylation is 4. The van der Waals surface area contributed by atoms with Crippen LogP contribution in [0.4, 0.5) is 0 Å². The van der Waals surface area contributed by atoms with Crippen molar-refractivity contribution in [1.82, 2.24) is 10.3 Å². The second kappa shape index (κ2) is 21.0. The Morgan fingerprint density at radius 1 is 0.514 bits per heavy atom. The van der Waals surface area contributed by atoms with E-state index in [1.165, 1.54) is 0 Å². The van der Waals surface area contributed by atoms with Crippen molar-refractivity contribution in [3.05, 3.63) is 201 Å². The van der Waals surface area contributed by atoms with Gasteiger partial charge in [0, 0.05) is 22.3 Å². The Balaban J connectivity index is 0.000000182. The van der Waals surface area contributed by atoms with E-state index in [0.29, 0.717) is 59.7 Å². The molecule has 2 aromatic heterocycles. The quantitative estimate of drug-likeness (QED) is 0.0876. The van der Waals surface area contributed by atoms with Gasteiger partial charge in [0.2, 0.25) is 0 Å². The number of ether oxygens (including phenoxy) is 2. The molecule has 0 radical (unpaired) electrons. The molecule has 2 aliphatic rings. The van der Waals surface area contributed by atoms with Crippen LogP contribution in [-0.4, -0.2) is 44.4 Å². The van der Waals surface area contributed by atoms with Crippen LogP contribution in [-0.2, 0) is 52.3 Å². The molecule has 0 aliphatic heterocycles. The summed E-state index contributed by atoms with van der Waals surface area (Å²) in [5.41, 5.74) is 12.8. The summed E-state index contributed by atoms with van der Waals surface area (Å²) in [4.78, 5) is 48.8. The minimum atomic E-state index is -0.753. The molecule has 2 saturated carbocycles. The van der Waals surface area contributed by atoms with Crippen LogP contribution in [0.25, 0.3) is 44.9 Å². The number of aromatic nitrogens is 2. The lowest BCUT2D eigenvalue weighted by atomic mass is 9.93. The highest BCUT2D eigenvalue weighted by Gasteiger charge is 2.52. The molecule has 2 aliphatic carbocycles. The number of esters is 2. The second-order valence-electron chi connectivity index (χ2n) is 19.6. The third kappa shape index (κ3) is 10.7. The van der Waals surface area contributed by atoms with Crippen LogP contribution < -0.4 is 0 Å². The monoisotopic (exact) mass is 988 g/mol. The van der Waals surface area contributed by atoms with Gasteiger partial charge in [-0.1, -0.05) is 161 Å². The zero-order valence-electron chi connectivity index (χ0n) is 42.3. The highest BCUT2D eigenvalue weighted by molar-refractivity contribution is 5.86. The molecular formula is C62H58N2O10. The fourth-order valence-corrected chi connectivity index (χ4v) is 9.60. The highest BCUT2D eigenvalue weighted by Crippen LogP contribution is 2.50. The van der Waals surface area contributed by atoms with E-state index in [4.69, 9.17) is 18.5 Å². The first kappa shape index (κ1) is 50.6. The zero-order valence-corrected chi connectivity index (χ0v) is 42.3. The molecule has 0 amide bonds. The van der Waals surface area contributed by atoms with Crippen LogP contribution >= 0.6 is 0 Å². The number of hydrogen-bond donors (Lipinski definition) is 2. The van der Waals surface area contributed by atoms with Gasteiger partial charge in [-0.25, -0.2) is 0 Å². The lowest BCUT2D eigenvalue weighted by molar-refractivity contribution is -0.148. The molecule has 2 atom stereocenters. The minimum absolute atomic E-state index is 0.0648. The topological polar surface area (TPSA) is 179 Å². The summed E-state index contributed by atoms with van der Waals surface area (Å²) >= 11 is 0. The number of rotatable bonds is 16. The zero-order chi connectivity index (χ0) is 52.3. The summed E-state index contributed by atoms with van der Waals surface area (Å²) in [6.45, 7) is 11.4. The van der Waals surface area contributed by atoms with Crippen molar-refractivity contribution in [3.8, 4) is 44.9 Å². The third-order valence-corrected chi connectivity index (χ3v) is 14.5. The van der Waals surface area contributed by atoms with Crippen molar-refractivity contribution in [2.24, 2.45) is 0 Å². The number of nitrogens with zero attached hydrogens (tertiary/aromatic N) is 2. The lowest BCUT2D eigenvalue weighted by Crippen LogP contribution is -2.19. The maximum atomic E-state index is 12.8. The van der Waals surface area contributed by atoms with Gasteiger partial charge in [0.15, 0.2) is 11.5 Å². The van der Waals surface area contributed by atoms with Gasteiger partial charge in [-0.05, 0) is 117 Å². The molecule has 0 spiro atoms. The van der Waals surface area contributed by atoms with E-state index < -0.39 is 22.8 Å². The van der Waals surface area contributed by atoms with E-state index in [0.717, 1.165) is 66.8 Å². The first-order valence-electron chi connectivity index (χ1n) is 24.9. The molecule has 6 aromatic carbocycles. The molecule has 74 heavy (non-hydrogen) atoms. The van der Waals surface area contributed by atoms with Gasteiger partial charge in [-0.2, -0.15) is 0 Å². The normalized spacial score (nSPS) is 14.7. The standard InChI is InChI=1S/2C31H29NO5/c1-19-5-4-6-25(17-19)21(3)36-28(33)18-27-20(2)32-37-29(27)24-9-7-22(8-10-24)23-11-13-26(14-12-23)31(15-16-31)30(34)35;1-19-6-4-5-7-26(19)21(3)36-28(33)18-27-20(2)32-37-29(27)24-10-8-22(9-11-24)23-12-14-25(15-13-23)31(16-17-31)30(34)35/h4-14,17,21H,15-16,18H2,1-3H3,(H,34,35);4-15,21H,16-18H2,1-3H3,(H,34,35)/t2*21-/m11/s1/i2*1-1. The van der Waals surface area contributed by atoms with Gasteiger partial charge in [0.25, 0.3) is 0 Å². The van der Waals surface area contributed by atoms with E-state index in [9.17, 15) is 29.4 Å². The number of benzene rings is 6. The molecule has 8 aromatic rings. The Morgan fingerprint density at radius 3 is 1.30 bits per heavy atom. The SMILES string of the molecule is Cc1noc(-c2ccc(-c3ccc(C4(C(=O)O)CC4)cc3)cc2)c1CC(=O)O[C@H](C)c1cccc([11CH3])c1.Cc1noc(-c2ccc(-c3ccc(C4(C(=O)O)CC4)cc3)cc2)c1CC(=O)O[C@H](C)c1ccccc1[11CH3]. The first-order chi connectivity index (χ1) is 35.5. The number of aliphatic carboxylic acids is 2. The van der Waals surface area contributed by atoms with E-state index in [2.05, 4.69) is 10.3 Å². The van der Waals surface area contributed by atoms with Gasteiger partial charge >= 0.3 is 23.9 Å². The smallest absolute Gasteiger partial charge is 0.314 e. The van der Waals surface area contributed by atoms with E-state index in [1.54, 1.807) is 0 Å². The Hall–Kier alpha value is -8.38. The molecule has 10 rings (SSSR count). The summed E-state index contributed by atoms with van der Waals surface area (Å²) in [6.07, 6.45) is 2.17. The number of carboxylic acids is 2. The first-order valence-corrected chi connectivity index (χ1v) is 24.9. The summed E-state index contributed by atoms with van der Waals surface area (Å²) in [7, 11) is 0. The second-order valence-corrected chi connectivity index (χ2v) is 19.6. The Bertz CT molecular complexity index is 3340. The number of hydrogen-bond acceptors (Lipinski definition) is 10. The summed E-state index contributed by atoms with van der Waals surface area (Å²) < 4.78 is 22.6. The van der Waals surface area contributed by atoms with Gasteiger partial charge in [0.05, 0.1) is 35.1 Å². The maximum absolute atomic E-state index is 12.8. The third-order valence-electron chi connectivity index (χ3n) is 14.5. The van der Waals surface area contributed by atoms with Gasteiger partial charge in [0.1, 0.15) is 12.2 Å². The average molecular weight is 989 g/mol. The van der Waals surface area contributed by atoms with Crippen LogP contribution in [0.3, 0.4) is 0 Å². The molecule has 0 unspecified atom stereocenters. The molecule has 12 nitrogen and oxygen atoms in total. The van der Waals surface area contributed by atoms with Crippen LogP contribution in [0.5, 0.6) is 0 Å². The van der Waals surface area contributed by atoms with Crippen molar-refractivity contribution in [3.63, 3.8) is 0 Å². The molecule has 2 heterocycles. The predicted octanol–water partition coefficient (Wildman–Crippen LogP) is 13.2. The van der Waals surface area contributed by atoms with Crippen LogP contribution in [0.15, 0.2) is 155 Å². The van der Waals surface area contributed by atoms with E-state index in [-0.39, 0.29) is 37.0 Å². The molecule has 12 heteroatoms. The predicted molar refractivity (Wildman–Crippen MR) is 280 cm³/mol. The summed E-state index contributed by atoms with van der Waals surface area (Å²) in [5.74, 6) is -1.08. The van der Waals surface area contributed by atoms with Crippen molar-refractivity contribution < 1.29 is 47.9 Å². The van der Waals surface area contributed by atoms with Crippen molar-refractivity contribution in [1.29, 1.82) is 0 Å². The highest BCUT2D eigenvalue weighted by atomic mass is 16.5. The Labute approximate surface area is 430 Å². The average Bonchev–Trinajstić information content (AvgIpc) is 4.33. The summed E-state index contributed by atoms with van der Waals surface area (Å²) in [5, 5.41) is 27.2. The van der Waals surface area contributed by atoms with Crippen LogP contribution in [0, 0.1) is 27.7 Å². The molecule has 2 fully saturated rings. The van der Waals surface area contributed by atoms with E-state index in [1.807, 2.05) is 187 Å². The Kier molecular flexibility index (Phi) is 14.3. The minimum Gasteiger partial charge on any atom is -0.481 e. The van der Waals surface area contributed by atoms with Crippen molar-refractivity contribution in [2.75, 3.05) is 0 Å². The largest absolute Gasteiger partial charge is 0.481 e. The van der Waals surface area contributed by atoms with Gasteiger partial charge in [-0.3, -0.25) is 19.2 Å². The molecule has 0 saturated heterocycles. The number of carbonyl (C=O) groups excluding carboxylic acids is 2. The van der Waals surface area contributed by atoms with E-state index >= 15 is 0 Å². The van der Waals surface area contributed by atoms with Crippen LogP contribution in [0.1, 0.15) is 108 Å². The van der Waals surface area contributed by atoms with Gasteiger partial charge < -0.3 is 28.7 Å². The lowest BCUT2D eigenvalue weighted by Gasteiger charge is -2.16. The fourth-order valence-electron chi connectivity index (χ4n) is 9.60. The van der Waals surface area contributed by atoms with Gasteiger partial charge in [-0.15, -0.1) is 0 Å². The Morgan fingerprint density at radius 2 is 0.905 bits per heavy atom. The van der Waals surface area contributed by atoms with Crippen molar-refractivity contribution in [2.45, 2.75) is 103 Å². The maximum Gasteiger partial charge on any atom is 0.314 e. The molecule has 376 valence electrons. The number of carbonyl (C=O) groups is 4. The number of carboxylic acid groups (broad SMARTS) is 2. The van der Waals surface area contributed by atoms with Crippen LogP contribution in [0.2, 0.25) is 0 Å². The van der Waals surface area contributed by atoms with Crippen molar-refractivity contribution >= 4 is 23.9 Å².